The van der Waals surface area contributed by atoms with E-state index in [9.17, 15) is 4.79 Å². The summed E-state index contributed by atoms with van der Waals surface area (Å²) in [5.41, 5.74) is 0. The number of aromatic nitrogens is 2. The Morgan fingerprint density at radius 3 is 2.71 bits per heavy atom. The summed E-state index contributed by atoms with van der Waals surface area (Å²) in [6.45, 7) is 2.72. The number of piperidine rings is 1. The summed E-state index contributed by atoms with van der Waals surface area (Å²) in [6, 6.07) is 2.00. The Morgan fingerprint density at radius 2 is 2.05 bits per heavy atom. The molecule has 7 nitrogen and oxygen atoms in total. The molecular weight excluding hydrogens is 272 g/mol. The van der Waals surface area contributed by atoms with Crippen LogP contribution in [0.2, 0.25) is 0 Å². The quantitative estimate of drug-likeness (QED) is 0.725. The Morgan fingerprint density at radius 1 is 1.33 bits per heavy atom. The maximum atomic E-state index is 11.7. The zero-order valence-corrected chi connectivity index (χ0v) is 12.3. The minimum atomic E-state index is -0.0690. The van der Waals surface area contributed by atoms with Gasteiger partial charge in [-0.3, -0.25) is 4.79 Å². The van der Waals surface area contributed by atoms with E-state index in [0.717, 1.165) is 31.9 Å². The second-order valence-corrected chi connectivity index (χ2v) is 4.92. The van der Waals surface area contributed by atoms with Crippen LogP contribution in [-0.4, -0.2) is 61.9 Å². The van der Waals surface area contributed by atoms with Crippen LogP contribution in [0.1, 0.15) is 12.8 Å². The van der Waals surface area contributed by atoms with Crippen molar-refractivity contribution in [2.45, 2.75) is 18.9 Å². The third-order valence-corrected chi connectivity index (χ3v) is 3.36. The molecule has 1 fully saturated rings. The predicted octanol–water partition coefficient (Wildman–Crippen LogP) is 0.225. The zero-order valence-electron chi connectivity index (χ0n) is 12.3. The SMILES string of the molecule is COCCOCC(=O)NC1CCN(c2ncccn2)CC1. The Labute approximate surface area is 124 Å². The van der Waals surface area contributed by atoms with Crippen molar-refractivity contribution in [1.29, 1.82) is 0 Å². The van der Waals surface area contributed by atoms with Crippen molar-refractivity contribution in [1.82, 2.24) is 15.3 Å². The van der Waals surface area contributed by atoms with Gasteiger partial charge in [-0.25, -0.2) is 9.97 Å². The molecule has 0 atom stereocenters. The number of carbonyl (C=O) groups excluding carboxylic acids is 1. The molecule has 2 heterocycles. The summed E-state index contributed by atoms with van der Waals surface area (Å²) in [5.74, 6) is 0.686. The second kappa shape index (κ2) is 8.53. The molecule has 1 aliphatic rings. The first kappa shape index (κ1) is 15.7. The smallest absolute Gasteiger partial charge is 0.246 e. The first-order valence-corrected chi connectivity index (χ1v) is 7.17. The molecule has 7 heteroatoms. The topological polar surface area (TPSA) is 76.6 Å². The normalized spacial score (nSPS) is 16.0. The average molecular weight is 294 g/mol. The van der Waals surface area contributed by atoms with Gasteiger partial charge in [0.25, 0.3) is 0 Å². The number of nitrogens with zero attached hydrogens (tertiary/aromatic N) is 3. The number of ether oxygens (including phenoxy) is 2. The highest BCUT2D eigenvalue weighted by molar-refractivity contribution is 5.77. The molecule has 2 rings (SSSR count). The first-order chi connectivity index (χ1) is 10.3. The standard InChI is InChI=1S/C14H22N4O3/c1-20-9-10-21-11-13(19)17-12-3-7-18(8-4-12)14-15-5-2-6-16-14/h2,5-6,12H,3-4,7-11H2,1H3,(H,17,19). The molecule has 0 spiro atoms. The van der Waals surface area contributed by atoms with E-state index in [0.29, 0.717) is 13.2 Å². The van der Waals surface area contributed by atoms with Gasteiger partial charge in [-0.1, -0.05) is 0 Å². The number of anilines is 1. The van der Waals surface area contributed by atoms with Crippen LogP contribution in [0.5, 0.6) is 0 Å². The molecule has 0 aromatic carbocycles. The van der Waals surface area contributed by atoms with E-state index in [2.05, 4.69) is 20.2 Å². The van der Waals surface area contributed by atoms with Gasteiger partial charge in [0.2, 0.25) is 11.9 Å². The lowest BCUT2D eigenvalue weighted by Gasteiger charge is -2.32. The minimum absolute atomic E-state index is 0.0690. The number of nitrogens with one attached hydrogen (secondary N) is 1. The summed E-state index contributed by atoms with van der Waals surface area (Å²) in [7, 11) is 1.60. The number of methoxy groups -OCH3 is 1. The lowest BCUT2D eigenvalue weighted by atomic mass is 10.1. The largest absolute Gasteiger partial charge is 0.382 e. The molecule has 0 bridgehead atoms. The van der Waals surface area contributed by atoms with Crippen molar-refractivity contribution in [3.63, 3.8) is 0 Å². The van der Waals surface area contributed by atoms with Crippen LogP contribution in [0, 0.1) is 0 Å². The number of amides is 1. The molecular formula is C14H22N4O3. The van der Waals surface area contributed by atoms with Crippen LogP contribution in [-0.2, 0) is 14.3 Å². The molecule has 0 radical (unpaired) electrons. The number of hydrogen-bond acceptors (Lipinski definition) is 6. The van der Waals surface area contributed by atoms with E-state index in [4.69, 9.17) is 9.47 Å². The lowest BCUT2D eigenvalue weighted by Crippen LogP contribution is -2.46. The van der Waals surface area contributed by atoms with Crippen molar-refractivity contribution >= 4 is 11.9 Å². The average Bonchev–Trinajstić information content (AvgIpc) is 2.53. The molecule has 0 unspecified atom stereocenters. The fraction of sp³-hybridized carbons (Fsp3) is 0.643. The predicted molar refractivity (Wildman–Crippen MR) is 78.1 cm³/mol. The summed E-state index contributed by atoms with van der Waals surface area (Å²) in [4.78, 5) is 22.3. The second-order valence-electron chi connectivity index (χ2n) is 4.92. The summed E-state index contributed by atoms with van der Waals surface area (Å²) < 4.78 is 10.1. The van der Waals surface area contributed by atoms with Crippen molar-refractivity contribution in [2.24, 2.45) is 0 Å². The summed E-state index contributed by atoms with van der Waals surface area (Å²) in [5, 5.41) is 3.00. The molecule has 1 N–H and O–H groups in total. The van der Waals surface area contributed by atoms with Gasteiger partial charge in [0, 0.05) is 38.6 Å². The van der Waals surface area contributed by atoms with E-state index in [1.165, 1.54) is 0 Å². The van der Waals surface area contributed by atoms with E-state index < -0.39 is 0 Å². The molecule has 1 aromatic rings. The Balaban J connectivity index is 1.66. The van der Waals surface area contributed by atoms with Gasteiger partial charge in [-0.2, -0.15) is 0 Å². The van der Waals surface area contributed by atoms with Crippen LogP contribution in [0.25, 0.3) is 0 Å². The monoisotopic (exact) mass is 294 g/mol. The maximum Gasteiger partial charge on any atom is 0.246 e. The third-order valence-electron chi connectivity index (χ3n) is 3.36. The molecule has 0 aliphatic carbocycles. The van der Waals surface area contributed by atoms with Crippen molar-refractivity contribution in [2.75, 3.05) is 44.9 Å². The van der Waals surface area contributed by atoms with Crippen LogP contribution in [0.15, 0.2) is 18.5 Å². The Hall–Kier alpha value is -1.73. The molecule has 1 aliphatic heterocycles. The van der Waals surface area contributed by atoms with Crippen LogP contribution in [0.3, 0.4) is 0 Å². The van der Waals surface area contributed by atoms with Gasteiger partial charge < -0.3 is 19.7 Å². The number of rotatable bonds is 7. The third kappa shape index (κ3) is 5.28. The highest BCUT2D eigenvalue weighted by Crippen LogP contribution is 2.15. The molecule has 1 aromatic heterocycles. The van der Waals surface area contributed by atoms with E-state index >= 15 is 0 Å². The van der Waals surface area contributed by atoms with Crippen LogP contribution in [0.4, 0.5) is 5.95 Å². The zero-order chi connectivity index (χ0) is 14.9. The van der Waals surface area contributed by atoms with Gasteiger partial charge >= 0.3 is 0 Å². The van der Waals surface area contributed by atoms with Gasteiger partial charge in [0.05, 0.1) is 13.2 Å². The van der Waals surface area contributed by atoms with Crippen LogP contribution >= 0.6 is 0 Å². The Bertz CT molecular complexity index is 421. The van der Waals surface area contributed by atoms with Crippen LogP contribution < -0.4 is 10.2 Å². The van der Waals surface area contributed by atoms with Gasteiger partial charge in [-0.15, -0.1) is 0 Å². The van der Waals surface area contributed by atoms with E-state index in [1.807, 2.05) is 0 Å². The highest BCUT2D eigenvalue weighted by atomic mass is 16.5. The fourth-order valence-electron chi connectivity index (χ4n) is 2.25. The number of hydrogen-bond donors (Lipinski definition) is 1. The van der Waals surface area contributed by atoms with E-state index in [-0.39, 0.29) is 18.6 Å². The minimum Gasteiger partial charge on any atom is -0.382 e. The van der Waals surface area contributed by atoms with Crippen molar-refractivity contribution in [3.05, 3.63) is 18.5 Å². The number of carbonyl (C=O) groups is 1. The molecule has 1 saturated heterocycles. The molecule has 116 valence electrons. The lowest BCUT2D eigenvalue weighted by molar-refractivity contribution is -0.127. The fourth-order valence-corrected chi connectivity index (χ4v) is 2.25. The van der Waals surface area contributed by atoms with Gasteiger partial charge in [-0.05, 0) is 18.9 Å². The first-order valence-electron chi connectivity index (χ1n) is 7.17. The van der Waals surface area contributed by atoms with Crippen molar-refractivity contribution < 1.29 is 14.3 Å². The summed E-state index contributed by atoms with van der Waals surface area (Å²) >= 11 is 0. The van der Waals surface area contributed by atoms with Gasteiger partial charge in [0.15, 0.2) is 0 Å². The maximum absolute atomic E-state index is 11.7. The summed E-state index contributed by atoms with van der Waals surface area (Å²) in [6.07, 6.45) is 5.27. The molecule has 0 saturated carbocycles. The van der Waals surface area contributed by atoms with E-state index in [1.54, 1.807) is 25.6 Å². The van der Waals surface area contributed by atoms with Gasteiger partial charge in [0.1, 0.15) is 6.61 Å². The Kier molecular flexibility index (Phi) is 6.36. The highest BCUT2D eigenvalue weighted by Gasteiger charge is 2.21. The van der Waals surface area contributed by atoms with Crippen molar-refractivity contribution in [3.8, 4) is 0 Å². The molecule has 21 heavy (non-hydrogen) atoms. The molecule has 1 amide bonds.